The summed E-state index contributed by atoms with van der Waals surface area (Å²) in [5, 5.41) is 5.07. The molecule has 25 heavy (non-hydrogen) atoms. The van der Waals surface area contributed by atoms with Crippen LogP contribution in [0, 0.1) is 0 Å². The third-order valence-corrected chi connectivity index (χ3v) is 4.99. The fourth-order valence-electron chi connectivity index (χ4n) is 2.88. The van der Waals surface area contributed by atoms with E-state index in [9.17, 15) is 4.79 Å². The minimum absolute atomic E-state index is 0.0591. The fraction of sp³-hybridized carbons (Fsp3) is 0.100. The summed E-state index contributed by atoms with van der Waals surface area (Å²) in [6.45, 7) is 1.17. The number of carbonyl (C=O) groups is 1. The van der Waals surface area contributed by atoms with Crippen molar-refractivity contribution in [3.05, 3.63) is 89.2 Å². The maximum absolute atomic E-state index is 12.8. The van der Waals surface area contributed by atoms with Crippen LogP contribution in [0.3, 0.4) is 0 Å². The SMILES string of the molecule is O=C(NCc1ccncc1)c1cc2sccc2n1Cc1ccccc1. The van der Waals surface area contributed by atoms with E-state index in [4.69, 9.17) is 0 Å². The predicted octanol–water partition coefficient (Wildman–Crippen LogP) is 4.08. The normalized spacial score (nSPS) is 10.9. The molecule has 0 saturated heterocycles. The highest BCUT2D eigenvalue weighted by atomic mass is 32.1. The van der Waals surface area contributed by atoms with Crippen LogP contribution < -0.4 is 5.32 Å². The number of nitrogens with one attached hydrogen (secondary N) is 1. The molecule has 0 fully saturated rings. The van der Waals surface area contributed by atoms with Crippen LogP contribution in [0.15, 0.2) is 72.4 Å². The van der Waals surface area contributed by atoms with Gasteiger partial charge in [-0.3, -0.25) is 9.78 Å². The number of hydrogen-bond acceptors (Lipinski definition) is 3. The van der Waals surface area contributed by atoms with Gasteiger partial charge < -0.3 is 9.88 Å². The summed E-state index contributed by atoms with van der Waals surface area (Å²) >= 11 is 1.66. The third kappa shape index (κ3) is 3.32. The zero-order chi connectivity index (χ0) is 17.1. The van der Waals surface area contributed by atoms with Gasteiger partial charge in [-0.1, -0.05) is 30.3 Å². The van der Waals surface area contributed by atoms with Crippen molar-refractivity contribution < 1.29 is 4.79 Å². The summed E-state index contributed by atoms with van der Waals surface area (Å²) in [6.07, 6.45) is 3.46. The van der Waals surface area contributed by atoms with E-state index in [-0.39, 0.29) is 5.91 Å². The fourth-order valence-corrected chi connectivity index (χ4v) is 3.70. The van der Waals surface area contributed by atoms with Crippen LogP contribution >= 0.6 is 11.3 Å². The van der Waals surface area contributed by atoms with Crippen LogP contribution in [0.4, 0.5) is 0 Å². The monoisotopic (exact) mass is 347 g/mol. The maximum atomic E-state index is 12.8. The van der Waals surface area contributed by atoms with E-state index in [0.717, 1.165) is 15.8 Å². The minimum Gasteiger partial charge on any atom is -0.347 e. The minimum atomic E-state index is -0.0591. The molecule has 0 bridgehead atoms. The zero-order valence-corrected chi connectivity index (χ0v) is 14.4. The number of benzene rings is 1. The van der Waals surface area contributed by atoms with Crippen LogP contribution in [-0.4, -0.2) is 15.5 Å². The largest absolute Gasteiger partial charge is 0.347 e. The number of hydrogen-bond donors (Lipinski definition) is 1. The van der Waals surface area contributed by atoms with E-state index in [1.54, 1.807) is 23.7 Å². The molecule has 4 aromatic rings. The molecule has 0 saturated carbocycles. The van der Waals surface area contributed by atoms with E-state index in [0.29, 0.717) is 18.8 Å². The molecular formula is C20H17N3OS. The lowest BCUT2D eigenvalue weighted by Crippen LogP contribution is -2.25. The van der Waals surface area contributed by atoms with Crippen molar-refractivity contribution in [2.24, 2.45) is 0 Å². The second-order valence-corrected chi connectivity index (χ2v) is 6.76. The first kappa shape index (κ1) is 15.6. The summed E-state index contributed by atoms with van der Waals surface area (Å²) in [7, 11) is 0. The number of thiophene rings is 1. The summed E-state index contributed by atoms with van der Waals surface area (Å²) in [5.74, 6) is -0.0591. The van der Waals surface area contributed by atoms with Crippen molar-refractivity contribution in [1.29, 1.82) is 0 Å². The zero-order valence-electron chi connectivity index (χ0n) is 13.6. The Morgan fingerprint density at radius 3 is 2.64 bits per heavy atom. The Morgan fingerprint density at radius 1 is 1.04 bits per heavy atom. The van der Waals surface area contributed by atoms with Crippen molar-refractivity contribution in [1.82, 2.24) is 14.9 Å². The molecule has 0 atom stereocenters. The lowest BCUT2D eigenvalue weighted by atomic mass is 10.2. The third-order valence-electron chi connectivity index (χ3n) is 4.14. The number of amides is 1. The quantitative estimate of drug-likeness (QED) is 0.591. The van der Waals surface area contributed by atoms with Gasteiger partial charge in [0, 0.05) is 25.5 Å². The summed E-state index contributed by atoms with van der Waals surface area (Å²) in [6, 6.07) is 18.1. The molecule has 0 spiro atoms. The van der Waals surface area contributed by atoms with Crippen LogP contribution in [0.25, 0.3) is 10.2 Å². The molecule has 3 heterocycles. The highest BCUT2D eigenvalue weighted by Crippen LogP contribution is 2.26. The van der Waals surface area contributed by atoms with Crippen molar-refractivity contribution in [2.75, 3.05) is 0 Å². The second kappa shape index (κ2) is 6.91. The standard InChI is InChI=1S/C20H17N3OS/c24-20(22-13-15-6-9-21-10-7-15)18-12-19-17(8-11-25-19)23(18)14-16-4-2-1-3-5-16/h1-12H,13-14H2,(H,22,24). The summed E-state index contributed by atoms with van der Waals surface area (Å²) in [5.41, 5.74) is 4.00. The molecule has 1 aromatic carbocycles. The van der Waals surface area contributed by atoms with Gasteiger partial charge in [-0.2, -0.15) is 0 Å². The van der Waals surface area contributed by atoms with Crippen molar-refractivity contribution in [3.8, 4) is 0 Å². The van der Waals surface area contributed by atoms with E-state index in [2.05, 4.69) is 38.4 Å². The molecule has 0 unspecified atom stereocenters. The van der Waals surface area contributed by atoms with E-state index < -0.39 is 0 Å². The van der Waals surface area contributed by atoms with Gasteiger partial charge in [0.15, 0.2) is 0 Å². The number of nitrogens with zero attached hydrogens (tertiary/aromatic N) is 2. The Hall–Kier alpha value is -2.92. The van der Waals surface area contributed by atoms with Gasteiger partial charge in [-0.25, -0.2) is 0 Å². The van der Waals surface area contributed by atoms with Crippen LogP contribution in [0.1, 0.15) is 21.6 Å². The molecule has 124 valence electrons. The topological polar surface area (TPSA) is 46.9 Å². The number of carbonyl (C=O) groups excluding carboxylic acids is 1. The Bertz CT molecular complexity index is 990. The van der Waals surface area contributed by atoms with Gasteiger partial charge in [0.05, 0.1) is 10.2 Å². The lowest BCUT2D eigenvalue weighted by Gasteiger charge is -2.11. The average Bonchev–Trinajstić information content (AvgIpc) is 3.24. The van der Waals surface area contributed by atoms with E-state index in [1.165, 1.54) is 5.56 Å². The molecular weight excluding hydrogens is 330 g/mol. The summed E-state index contributed by atoms with van der Waals surface area (Å²) < 4.78 is 3.22. The molecule has 3 aromatic heterocycles. The first-order chi connectivity index (χ1) is 12.3. The van der Waals surface area contributed by atoms with E-state index in [1.807, 2.05) is 36.4 Å². The molecule has 0 radical (unpaired) electrons. The Balaban J connectivity index is 1.61. The molecule has 4 rings (SSSR count). The summed E-state index contributed by atoms with van der Waals surface area (Å²) in [4.78, 5) is 16.8. The molecule has 0 aliphatic heterocycles. The first-order valence-corrected chi connectivity index (χ1v) is 8.97. The molecule has 1 amide bonds. The number of pyridine rings is 1. The smallest absolute Gasteiger partial charge is 0.268 e. The van der Waals surface area contributed by atoms with Crippen molar-refractivity contribution in [2.45, 2.75) is 13.1 Å². The van der Waals surface area contributed by atoms with Crippen molar-refractivity contribution in [3.63, 3.8) is 0 Å². The lowest BCUT2D eigenvalue weighted by molar-refractivity contribution is 0.0942. The number of aromatic nitrogens is 2. The molecule has 0 aliphatic carbocycles. The van der Waals surface area contributed by atoms with Gasteiger partial charge >= 0.3 is 0 Å². The first-order valence-electron chi connectivity index (χ1n) is 8.09. The Morgan fingerprint density at radius 2 is 1.84 bits per heavy atom. The Kier molecular flexibility index (Phi) is 4.31. The molecule has 4 nitrogen and oxygen atoms in total. The van der Waals surface area contributed by atoms with Gasteiger partial charge in [0.2, 0.25) is 0 Å². The Labute approximate surface area is 149 Å². The van der Waals surface area contributed by atoms with E-state index >= 15 is 0 Å². The number of rotatable bonds is 5. The average molecular weight is 347 g/mol. The van der Waals surface area contributed by atoms with Gasteiger partial charge in [0.1, 0.15) is 5.69 Å². The van der Waals surface area contributed by atoms with Crippen LogP contribution in [0.2, 0.25) is 0 Å². The maximum Gasteiger partial charge on any atom is 0.268 e. The highest BCUT2D eigenvalue weighted by molar-refractivity contribution is 7.17. The van der Waals surface area contributed by atoms with Crippen molar-refractivity contribution >= 4 is 27.5 Å². The highest BCUT2D eigenvalue weighted by Gasteiger charge is 2.16. The predicted molar refractivity (Wildman–Crippen MR) is 101 cm³/mol. The number of fused-ring (bicyclic) bond motifs is 1. The van der Waals surface area contributed by atoms with Gasteiger partial charge in [0.25, 0.3) is 5.91 Å². The molecule has 5 heteroatoms. The second-order valence-electron chi connectivity index (χ2n) is 5.81. The van der Waals surface area contributed by atoms with Gasteiger partial charge in [-0.05, 0) is 40.8 Å². The van der Waals surface area contributed by atoms with Gasteiger partial charge in [-0.15, -0.1) is 11.3 Å². The molecule has 0 aliphatic rings. The van der Waals surface area contributed by atoms with Crippen LogP contribution in [0.5, 0.6) is 0 Å². The van der Waals surface area contributed by atoms with Crippen LogP contribution in [-0.2, 0) is 13.1 Å². The molecule has 1 N–H and O–H groups in total.